The normalized spacial score (nSPS) is 43.9. The summed E-state index contributed by atoms with van der Waals surface area (Å²) in [5.41, 5.74) is 2.72. The van der Waals surface area contributed by atoms with E-state index in [2.05, 4.69) is 13.8 Å². The molecule has 2 nitrogen and oxygen atoms in total. The Balaban J connectivity index is 1.99. The van der Waals surface area contributed by atoms with Gasteiger partial charge in [0.05, 0.1) is 6.10 Å². The fourth-order valence-electron chi connectivity index (χ4n) is 4.88. The molecule has 3 aliphatic carbocycles. The third-order valence-electron chi connectivity index (χ3n) is 5.99. The number of aliphatic hydroxyl groups excluding tert-OH is 1. The summed E-state index contributed by atoms with van der Waals surface area (Å²) in [6.07, 6.45) is 6.77. The Bertz CT molecular complexity index is 409. The second-order valence-corrected chi connectivity index (χ2v) is 6.63. The van der Waals surface area contributed by atoms with E-state index in [4.69, 9.17) is 0 Å². The number of hydrogen-bond acceptors (Lipinski definition) is 2. The van der Waals surface area contributed by atoms with Crippen LogP contribution in [0.1, 0.15) is 58.8 Å². The SMILES string of the molecule is CCC1=C2CC[C@@]3(C)C(O)CCC3C2CCC1=O. The number of hydrogen-bond donors (Lipinski definition) is 1. The van der Waals surface area contributed by atoms with Crippen molar-refractivity contribution in [2.75, 3.05) is 0 Å². The fraction of sp³-hybridized carbons (Fsp3) is 0.812. The van der Waals surface area contributed by atoms with Crippen molar-refractivity contribution >= 4 is 5.78 Å². The fourth-order valence-corrected chi connectivity index (χ4v) is 4.88. The zero-order chi connectivity index (χ0) is 12.9. The molecular formula is C16H24O2. The number of rotatable bonds is 1. The highest BCUT2D eigenvalue weighted by molar-refractivity contribution is 5.97. The molecule has 2 fully saturated rings. The summed E-state index contributed by atoms with van der Waals surface area (Å²) in [6.45, 7) is 4.38. The lowest BCUT2D eigenvalue weighted by atomic mass is 9.58. The van der Waals surface area contributed by atoms with Gasteiger partial charge in [-0.05, 0) is 61.3 Å². The van der Waals surface area contributed by atoms with Crippen molar-refractivity contribution in [3.8, 4) is 0 Å². The Kier molecular flexibility index (Phi) is 2.89. The van der Waals surface area contributed by atoms with Crippen LogP contribution in [0.25, 0.3) is 0 Å². The van der Waals surface area contributed by atoms with Crippen LogP contribution in [0.5, 0.6) is 0 Å². The Hall–Kier alpha value is -0.630. The molecule has 0 aromatic heterocycles. The van der Waals surface area contributed by atoms with Crippen LogP contribution in [0, 0.1) is 17.3 Å². The molecule has 2 saturated carbocycles. The number of ketones is 1. The zero-order valence-electron chi connectivity index (χ0n) is 11.5. The van der Waals surface area contributed by atoms with Gasteiger partial charge in [0.15, 0.2) is 5.78 Å². The molecular weight excluding hydrogens is 224 g/mol. The topological polar surface area (TPSA) is 37.3 Å². The second-order valence-electron chi connectivity index (χ2n) is 6.63. The second kappa shape index (κ2) is 4.19. The van der Waals surface area contributed by atoms with Crippen molar-refractivity contribution in [1.82, 2.24) is 0 Å². The van der Waals surface area contributed by atoms with Crippen molar-refractivity contribution in [2.24, 2.45) is 17.3 Å². The van der Waals surface area contributed by atoms with Gasteiger partial charge < -0.3 is 5.11 Å². The van der Waals surface area contributed by atoms with Gasteiger partial charge in [-0.15, -0.1) is 0 Å². The van der Waals surface area contributed by atoms with E-state index in [-0.39, 0.29) is 11.5 Å². The highest BCUT2D eigenvalue weighted by Gasteiger charge is 2.53. The zero-order valence-corrected chi connectivity index (χ0v) is 11.5. The molecule has 0 spiro atoms. The van der Waals surface area contributed by atoms with Crippen LogP contribution in [0.2, 0.25) is 0 Å². The maximum Gasteiger partial charge on any atom is 0.158 e. The van der Waals surface area contributed by atoms with E-state index in [1.165, 1.54) is 5.57 Å². The summed E-state index contributed by atoms with van der Waals surface area (Å²) in [6, 6.07) is 0. The molecule has 0 amide bonds. The molecule has 4 atom stereocenters. The smallest absolute Gasteiger partial charge is 0.158 e. The first-order chi connectivity index (χ1) is 8.58. The van der Waals surface area contributed by atoms with Gasteiger partial charge in [0.1, 0.15) is 0 Å². The van der Waals surface area contributed by atoms with Crippen molar-refractivity contribution in [1.29, 1.82) is 0 Å². The number of carbonyl (C=O) groups is 1. The van der Waals surface area contributed by atoms with Gasteiger partial charge in [0.25, 0.3) is 0 Å². The van der Waals surface area contributed by atoms with Crippen molar-refractivity contribution in [3.63, 3.8) is 0 Å². The van der Waals surface area contributed by atoms with Crippen LogP contribution in [-0.4, -0.2) is 17.0 Å². The lowest BCUT2D eigenvalue weighted by Crippen LogP contribution is -2.42. The van der Waals surface area contributed by atoms with Gasteiger partial charge in [-0.1, -0.05) is 19.4 Å². The van der Waals surface area contributed by atoms with E-state index in [9.17, 15) is 9.90 Å². The Morgan fingerprint density at radius 1 is 1.28 bits per heavy atom. The standard InChI is InChI=1S/C16H24O2/c1-3-10-11-8-9-16(2)13(5-7-15(16)18)12(11)4-6-14(10)17/h12-13,15,18H,3-9H2,1-2H3/t12?,13?,15?,16-/m1/s1. The average Bonchev–Trinajstić information content (AvgIpc) is 2.66. The average molecular weight is 248 g/mol. The van der Waals surface area contributed by atoms with E-state index in [1.807, 2.05) is 0 Å². The largest absolute Gasteiger partial charge is 0.393 e. The van der Waals surface area contributed by atoms with Crippen LogP contribution < -0.4 is 0 Å². The first kappa shape index (κ1) is 12.4. The number of Topliss-reactive ketones (excluding diaryl/α,β-unsaturated/α-hetero) is 1. The van der Waals surface area contributed by atoms with Gasteiger partial charge in [-0.3, -0.25) is 4.79 Å². The lowest BCUT2D eigenvalue weighted by Gasteiger charge is -2.47. The summed E-state index contributed by atoms with van der Waals surface area (Å²) >= 11 is 0. The van der Waals surface area contributed by atoms with Crippen LogP contribution in [0.15, 0.2) is 11.1 Å². The van der Waals surface area contributed by atoms with E-state index in [1.54, 1.807) is 0 Å². The maximum absolute atomic E-state index is 12.0. The van der Waals surface area contributed by atoms with Crippen LogP contribution in [-0.2, 0) is 4.79 Å². The van der Waals surface area contributed by atoms with Crippen LogP contribution in [0.3, 0.4) is 0 Å². The quantitative estimate of drug-likeness (QED) is 0.773. The van der Waals surface area contributed by atoms with Gasteiger partial charge in [0, 0.05) is 6.42 Å². The summed E-state index contributed by atoms with van der Waals surface area (Å²) in [5.74, 6) is 1.60. The van der Waals surface area contributed by atoms with Crippen molar-refractivity contribution in [2.45, 2.75) is 64.9 Å². The predicted octanol–water partition coefficient (Wildman–Crippen LogP) is 3.24. The first-order valence-electron chi connectivity index (χ1n) is 7.51. The van der Waals surface area contributed by atoms with E-state index in [0.29, 0.717) is 17.6 Å². The number of carbonyl (C=O) groups excluding carboxylic acids is 1. The minimum absolute atomic E-state index is 0.118. The summed E-state index contributed by atoms with van der Waals surface area (Å²) in [7, 11) is 0. The molecule has 3 aliphatic rings. The van der Waals surface area contributed by atoms with E-state index < -0.39 is 0 Å². The molecule has 0 saturated heterocycles. The van der Waals surface area contributed by atoms with Crippen LogP contribution >= 0.6 is 0 Å². The molecule has 0 aromatic rings. The van der Waals surface area contributed by atoms with Gasteiger partial charge >= 0.3 is 0 Å². The van der Waals surface area contributed by atoms with Gasteiger partial charge in [-0.2, -0.15) is 0 Å². The highest BCUT2D eigenvalue weighted by Crippen LogP contribution is 2.58. The monoisotopic (exact) mass is 248 g/mol. The lowest BCUT2D eigenvalue weighted by molar-refractivity contribution is -0.117. The number of allylic oxidation sites excluding steroid dienone is 2. The first-order valence-corrected chi connectivity index (χ1v) is 7.51. The number of aliphatic hydroxyl groups is 1. The molecule has 0 aliphatic heterocycles. The van der Waals surface area contributed by atoms with E-state index in [0.717, 1.165) is 50.5 Å². The summed E-state index contributed by atoms with van der Waals surface area (Å²) in [4.78, 5) is 12.0. The molecule has 3 rings (SSSR count). The molecule has 2 heteroatoms. The van der Waals surface area contributed by atoms with Crippen molar-refractivity contribution in [3.05, 3.63) is 11.1 Å². The molecule has 100 valence electrons. The highest BCUT2D eigenvalue weighted by atomic mass is 16.3. The molecule has 18 heavy (non-hydrogen) atoms. The third-order valence-corrected chi connectivity index (χ3v) is 5.99. The minimum Gasteiger partial charge on any atom is -0.393 e. The molecule has 0 heterocycles. The molecule has 1 N–H and O–H groups in total. The predicted molar refractivity (Wildman–Crippen MR) is 71.1 cm³/mol. The third kappa shape index (κ3) is 1.54. The Morgan fingerprint density at radius 2 is 2.06 bits per heavy atom. The number of fused-ring (bicyclic) bond motifs is 3. The van der Waals surface area contributed by atoms with Gasteiger partial charge in [0.2, 0.25) is 0 Å². The maximum atomic E-state index is 12.0. The van der Waals surface area contributed by atoms with Crippen LogP contribution in [0.4, 0.5) is 0 Å². The minimum atomic E-state index is -0.119. The molecule has 0 aromatic carbocycles. The molecule has 0 radical (unpaired) electrons. The van der Waals surface area contributed by atoms with Gasteiger partial charge in [-0.25, -0.2) is 0 Å². The molecule has 0 bridgehead atoms. The summed E-state index contributed by atoms with van der Waals surface area (Å²) in [5, 5.41) is 10.3. The van der Waals surface area contributed by atoms with E-state index >= 15 is 0 Å². The Labute approximate surface area is 109 Å². The summed E-state index contributed by atoms with van der Waals surface area (Å²) < 4.78 is 0. The molecule has 3 unspecified atom stereocenters. The van der Waals surface area contributed by atoms with Crippen molar-refractivity contribution < 1.29 is 9.90 Å². The Morgan fingerprint density at radius 3 is 2.78 bits per heavy atom.